The van der Waals surface area contributed by atoms with Crippen molar-refractivity contribution in [2.24, 2.45) is 0 Å². The zero-order valence-corrected chi connectivity index (χ0v) is 15.3. The summed E-state index contributed by atoms with van der Waals surface area (Å²) in [7, 11) is 0. The molecule has 0 aliphatic carbocycles. The van der Waals surface area contributed by atoms with Gasteiger partial charge in [0.25, 0.3) is 0 Å². The van der Waals surface area contributed by atoms with Crippen LogP contribution in [0, 0.1) is 10.1 Å². The molecule has 0 fully saturated rings. The molecule has 0 aromatic heterocycles. The summed E-state index contributed by atoms with van der Waals surface area (Å²) in [6.45, 7) is 5.20. The third-order valence-electron chi connectivity index (χ3n) is 3.69. The molecule has 3 N–H and O–H groups in total. The Bertz CT molecular complexity index is 792. The summed E-state index contributed by atoms with van der Waals surface area (Å²) in [6.07, 6.45) is 0. The minimum Gasteiger partial charge on any atom is -0.504 e. The fourth-order valence-corrected chi connectivity index (χ4v) is 2.96. The van der Waals surface area contributed by atoms with Crippen LogP contribution in [0.25, 0.3) is 0 Å². The van der Waals surface area contributed by atoms with E-state index in [1.54, 1.807) is 20.8 Å². The molecule has 10 heteroatoms. The van der Waals surface area contributed by atoms with Crippen LogP contribution >= 0.6 is 12.2 Å². The number of hydrogen-bond acceptors (Lipinski definition) is 7. The van der Waals surface area contributed by atoms with Crippen molar-refractivity contribution in [3.63, 3.8) is 0 Å². The summed E-state index contributed by atoms with van der Waals surface area (Å²) in [5.41, 5.74) is 0.278. The largest absolute Gasteiger partial charge is 0.504 e. The van der Waals surface area contributed by atoms with Gasteiger partial charge in [0.15, 0.2) is 10.9 Å². The van der Waals surface area contributed by atoms with Gasteiger partial charge in [0, 0.05) is 5.70 Å². The Morgan fingerprint density at radius 2 is 2.08 bits per heavy atom. The van der Waals surface area contributed by atoms with Gasteiger partial charge in [-0.2, -0.15) is 0 Å². The van der Waals surface area contributed by atoms with E-state index in [0.717, 1.165) is 0 Å². The summed E-state index contributed by atoms with van der Waals surface area (Å²) >= 11 is 5.12. The minimum atomic E-state index is -0.928. The smallest absolute Gasteiger partial charge is 0.338 e. The topological polar surface area (TPSA) is 123 Å². The quantitative estimate of drug-likeness (QED) is 0.294. The van der Waals surface area contributed by atoms with Crippen molar-refractivity contribution in [3.05, 3.63) is 39.1 Å². The van der Waals surface area contributed by atoms with Gasteiger partial charge in [-0.05, 0) is 45.1 Å². The highest BCUT2D eigenvalue weighted by atomic mass is 32.1. The molecule has 0 unspecified atom stereocenters. The normalized spacial score (nSPS) is 16.6. The maximum Gasteiger partial charge on any atom is 0.338 e. The molecular formula is C16H19N3O6S. The van der Waals surface area contributed by atoms with E-state index in [2.05, 4.69) is 10.6 Å². The highest BCUT2D eigenvalue weighted by molar-refractivity contribution is 7.80. The van der Waals surface area contributed by atoms with Crippen molar-refractivity contribution in [1.82, 2.24) is 10.6 Å². The number of allylic oxidation sites excluding steroid dienone is 1. The Morgan fingerprint density at radius 1 is 1.38 bits per heavy atom. The Labute approximate surface area is 155 Å². The third-order valence-corrected chi connectivity index (χ3v) is 3.91. The number of benzene rings is 1. The maximum absolute atomic E-state index is 12.4. The van der Waals surface area contributed by atoms with Crippen LogP contribution in [0.4, 0.5) is 5.69 Å². The predicted molar refractivity (Wildman–Crippen MR) is 96.9 cm³/mol. The average Bonchev–Trinajstić information content (AvgIpc) is 2.55. The Morgan fingerprint density at radius 3 is 2.65 bits per heavy atom. The van der Waals surface area contributed by atoms with Gasteiger partial charge in [0.1, 0.15) is 0 Å². The zero-order chi connectivity index (χ0) is 19.4. The molecule has 0 amide bonds. The number of nitro groups is 1. The van der Waals surface area contributed by atoms with Crippen molar-refractivity contribution in [1.29, 1.82) is 0 Å². The lowest BCUT2D eigenvalue weighted by Gasteiger charge is -2.29. The van der Waals surface area contributed by atoms with Crippen LogP contribution in [0.15, 0.2) is 23.4 Å². The summed E-state index contributed by atoms with van der Waals surface area (Å²) < 4.78 is 10.3. The molecule has 1 heterocycles. The van der Waals surface area contributed by atoms with Crippen molar-refractivity contribution in [3.8, 4) is 11.5 Å². The van der Waals surface area contributed by atoms with Crippen LogP contribution in [-0.2, 0) is 9.53 Å². The van der Waals surface area contributed by atoms with Gasteiger partial charge in [-0.3, -0.25) is 10.1 Å². The third kappa shape index (κ3) is 3.69. The lowest BCUT2D eigenvalue weighted by Crippen LogP contribution is -2.45. The van der Waals surface area contributed by atoms with E-state index >= 15 is 0 Å². The van der Waals surface area contributed by atoms with Crippen LogP contribution in [0.3, 0.4) is 0 Å². The summed E-state index contributed by atoms with van der Waals surface area (Å²) in [6, 6.07) is 1.70. The molecule has 9 nitrogen and oxygen atoms in total. The second-order valence-corrected chi connectivity index (χ2v) is 5.74. The molecule has 2 rings (SSSR count). The summed E-state index contributed by atoms with van der Waals surface area (Å²) in [4.78, 5) is 23.4. The van der Waals surface area contributed by atoms with Crippen LogP contribution in [-0.4, -0.2) is 34.3 Å². The van der Waals surface area contributed by atoms with Gasteiger partial charge in [-0.15, -0.1) is 0 Å². The summed E-state index contributed by atoms with van der Waals surface area (Å²) in [5.74, 6) is -1.25. The highest BCUT2D eigenvalue weighted by Gasteiger charge is 2.37. The molecule has 0 saturated carbocycles. The molecule has 0 spiro atoms. The Balaban J connectivity index is 2.69. The first kappa shape index (κ1) is 19.4. The zero-order valence-electron chi connectivity index (χ0n) is 14.5. The first-order chi connectivity index (χ1) is 12.3. The van der Waals surface area contributed by atoms with E-state index in [0.29, 0.717) is 5.70 Å². The second kappa shape index (κ2) is 8.00. The van der Waals surface area contributed by atoms with Crippen LogP contribution in [0.2, 0.25) is 0 Å². The monoisotopic (exact) mass is 381 g/mol. The number of phenols is 1. The van der Waals surface area contributed by atoms with Crippen molar-refractivity contribution in [2.45, 2.75) is 26.8 Å². The van der Waals surface area contributed by atoms with Crippen molar-refractivity contribution < 1.29 is 24.3 Å². The van der Waals surface area contributed by atoms with E-state index in [1.807, 2.05) is 0 Å². The number of nitrogens with zero attached hydrogens (tertiary/aromatic N) is 1. The average molecular weight is 381 g/mol. The molecule has 140 valence electrons. The fraction of sp³-hybridized carbons (Fsp3) is 0.375. The van der Waals surface area contributed by atoms with E-state index in [9.17, 15) is 20.0 Å². The lowest BCUT2D eigenvalue weighted by atomic mass is 9.93. The summed E-state index contributed by atoms with van der Waals surface area (Å²) in [5, 5.41) is 27.5. The van der Waals surface area contributed by atoms with Gasteiger partial charge in [-0.25, -0.2) is 4.79 Å². The Hall–Kier alpha value is -2.88. The number of carbonyl (C=O) groups is 1. The Kier molecular flexibility index (Phi) is 5.98. The van der Waals surface area contributed by atoms with Gasteiger partial charge in [-0.1, -0.05) is 0 Å². The molecule has 1 aromatic carbocycles. The standard InChI is InChI=1S/C16H19N3O6S/c1-4-24-14-10(20)7-6-9(13(14)19(22)23)12-11(15(21)25-5-2)8(3)17-16(26)18-12/h6-7,12,20H,4-5H2,1-3H3,(H2,17,18,26)/t12-/m0/s1. The van der Waals surface area contributed by atoms with Crippen LogP contribution in [0.1, 0.15) is 32.4 Å². The number of nitro benzene ring substituents is 1. The number of carbonyl (C=O) groups excluding carboxylic acids is 1. The number of aromatic hydroxyl groups is 1. The predicted octanol–water partition coefficient (Wildman–Crippen LogP) is 2.05. The molecule has 0 radical (unpaired) electrons. The molecule has 0 saturated heterocycles. The van der Waals surface area contributed by atoms with Gasteiger partial charge in [0.05, 0.1) is 35.3 Å². The van der Waals surface area contributed by atoms with Gasteiger partial charge >= 0.3 is 11.7 Å². The SMILES string of the molecule is CCOC(=O)C1=C(C)NC(=S)N[C@H]1c1ccc(O)c(OCC)c1[N+](=O)[O-]. The minimum absolute atomic E-state index is 0.121. The number of thiocarbonyl (C=S) groups is 1. The number of hydrogen-bond donors (Lipinski definition) is 3. The molecule has 1 aliphatic heterocycles. The molecule has 1 atom stereocenters. The van der Waals surface area contributed by atoms with Crippen LogP contribution < -0.4 is 15.4 Å². The van der Waals surface area contributed by atoms with Crippen molar-refractivity contribution in [2.75, 3.05) is 13.2 Å². The molecular weight excluding hydrogens is 362 g/mol. The molecule has 26 heavy (non-hydrogen) atoms. The number of esters is 1. The second-order valence-electron chi connectivity index (χ2n) is 5.33. The number of nitrogens with one attached hydrogen (secondary N) is 2. The molecule has 1 aliphatic rings. The number of ether oxygens (including phenoxy) is 2. The van der Waals surface area contributed by atoms with Gasteiger partial charge < -0.3 is 25.2 Å². The molecule has 0 bridgehead atoms. The first-order valence-corrected chi connectivity index (χ1v) is 8.31. The lowest BCUT2D eigenvalue weighted by molar-refractivity contribution is -0.386. The highest BCUT2D eigenvalue weighted by Crippen LogP contribution is 2.43. The van der Waals surface area contributed by atoms with Crippen LogP contribution in [0.5, 0.6) is 11.5 Å². The number of rotatable bonds is 6. The van der Waals surface area contributed by atoms with E-state index < -0.39 is 22.6 Å². The van der Waals surface area contributed by atoms with Gasteiger partial charge in [0.2, 0.25) is 5.75 Å². The van der Waals surface area contributed by atoms with E-state index in [4.69, 9.17) is 21.7 Å². The van der Waals surface area contributed by atoms with E-state index in [-0.39, 0.29) is 41.0 Å². The number of phenolic OH excluding ortho intramolecular Hbond substituents is 1. The fourth-order valence-electron chi connectivity index (χ4n) is 2.69. The maximum atomic E-state index is 12.4. The van der Waals surface area contributed by atoms with Crippen molar-refractivity contribution >= 4 is 29.0 Å². The first-order valence-electron chi connectivity index (χ1n) is 7.90. The van der Waals surface area contributed by atoms with E-state index in [1.165, 1.54) is 12.1 Å². The molecule has 1 aromatic rings.